The number of likely N-dealkylation sites (tertiary alicyclic amines) is 1. The number of rotatable bonds is 6. The lowest BCUT2D eigenvalue weighted by Crippen LogP contribution is -2.32. The molecule has 1 saturated heterocycles. The molecule has 1 fully saturated rings. The fraction of sp³-hybridized carbons (Fsp3) is 0.368. The minimum absolute atomic E-state index is 0.0837. The van der Waals surface area contributed by atoms with Crippen LogP contribution < -0.4 is 11.1 Å². The molecular weight excluding hydrogens is 344 g/mol. The maximum atomic E-state index is 12.4. The van der Waals surface area contributed by atoms with Crippen LogP contribution in [0.4, 0.5) is 5.69 Å². The molecule has 0 unspecified atom stereocenters. The molecular formula is C19H22N6O2. The van der Waals surface area contributed by atoms with Crippen LogP contribution in [-0.4, -0.2) is 46.3 Å². The van der Waals surface area contributed by atoms with Gasteiger partial charge in [0.25, 0.3) is 5.91 Å². The molecule has 0 spiro atoms. The van der Waals surface area contributed by atoms with Crippen LogP contribution in [0.3, 0.4) is 0 Å². The van der Waals surface area contributed by atoms with Crippen molar-refractivity contribution in [1.82, 2.24) is 14.9 Å². The second-order valence-corrected chi connectivity index (χ2v) is 6.56. The van der Waals surface area contributed by atoms with E-state index in [1.165, 1.54) is 25.3 Å². The standard InChI is InChI=1S/C19H22N6O2/c20-11-13(18(21)27)10-14-12-23-19-17(14)15(4-6-22-19)24-16(26)5-9-25-7-2-1-3-8-25/h4,6,10,12H,1-3,5,7-9H2,(H2,21,27)(H2,22,23,24,26). The van der Waals surface area contributed by atoms with Gasteiger partial charge < -0.3 is 20.9 Å². The predicted molar refractivity (Wildman–Crippen MR) is 102 cm³/mol. The number of primary amides is 1. The molecule has 27 heavy (non-hydrogen) atoms. The topological polar surface area (TPSA) is 128 Å². The van der Waals surface area contributed by atoms with Crippen LogP contribution in [0.5, 0.6) is 0 Å². The van der Waals surface area contributed by atoms with Crippen molar-refractivity contribution in [1.29, 1.82) is 5.26 Å². The zero-order valence-electron chi connectivity index (χ0n) is 15.0. The van der Waals surface area contributed by atoms with E-state index < -0.39 is 5.91 Å². The normalized spacial score (nSPS) is 15.4. The smallest absolute Gasteiger partial charge is 0.259 e. The zero-order chi connectivity index (χ0) is 19.2. The lowest BCUT2D eigenvalue weighted by Gasteiger charge is -2.25. The minimum atomic E-state index is -0.803. The number of nitrogens with two attached hydrogens (primary N) is 1. The predicted octanol–water partition coefficient (Wildman–Crippen LogP) is 1.77. The number of H-pyrrole nitrogens is 1. The van der Waals surface area contributed by atoms with Crippen molar-refractivity contribution >= 4 is 34.6 Å². The summed E-state index contributed by atoms with van der Waals surface area (Å²) in [7, 11) is 0. The average Bonchev–Trinajstić information content (AvgIpc) is 3.09. The summed E-state index contributed by atoms with van der Waals surface area (Å²) in [6, 6.07) is 3.48. The number of amides is 2. The first kappa shape index (κ1) is 18.6. The fourth-order valence-corrected chi connectivity index (χ4v) is 3.27. The Hall–Kier alpha value is -3.18. The molecule has 3 heterocycles. The molecule has 140 valence electrons. The first-order chi connectivity index (χ1) is 13.1. The summed E-state index contributed by atoms with van der Waals surface area (Å²) < 4.78 is 0. The van der Waals surface area contributed by atoms with E-state index in [2.05, 4.69) is 20.2 Å². The van der Waals surface area contributed by atoms with Crippen LogP contribution in [0, 0.1) is 11.3 Å². The summed E-state index contributed by atoms with van der Waals surface area (Å²) in [5.41, 5.74) is 6.75. The number of carbonyl (C=O) groups excluding carboxylic acids is 2. The Morgan fingerprint density at radius 2 is 2.15 bits per heavy atom. The molecule has 4 N–H and O–H groups in total. The summed E-state index contributed by atoms with van der Waals surface area (Å²) in [4.78, 5) is 33.2. The van der Waals surface area contributed by atoms with Crippen molar-refractivity contribution in [3.8, 4) is 6.07 Å². The van der Waals surface area contributed by atoms with Gasteiger partial charge in [-0.05, 0) is 38.1 Å². The Morgan fingerprint density at radius 1 is 1.37 bits per heavy atom. The van der Waals surface area contributed by atoms with Gasteiger partial charge in [0.05, 0.1) is 5.69 Å². The van der Waals surface area contributed by atoms with Gasteiger partial charge in [-0.3, -0.25) is 9.59 Å². The van der Waals surface area contributed by atoms with Gasteiger partial charge in [-0.15, -0.1) is 0 Å². The molecule has 0 atom stereocenters. The molecule has 1 aliphatic heterocycles. The summed E-state index contributed by atoms with van der Waals surface area (Å²) in [6.07, 6.45) is 8.65. The van der Waals surface area contributed by atoms with E-state index in [4.69, 9.17) is 11.0 Å². The number of piperidine rings is 1. The maximum Gasteiger partial charge on any atom is 0.259 e. The van der Waals surface area contributed by atoms with Gasteiger partial charge in [0.15, 0.2) is 0 Å². The molecule has 2 aromatic rings. The van der Waals surface area contributed by atoms with Crippen molar-refractivity contribution in [2.45, 2.75) is 25.7 Å². The summed E-state index contributed by atoms with van der Waals surface area (Å²) in [5.74, 6) is -0.887. The molecule has 0 aliphatic carbocycles. The number of aromatic amines is 1. The molecule has 0 bridgehead atoms. The van der Waals surface area contributed by atoms with Gasteiger partial charge in [0.2, 0.25) is 5.91 Å². The molecule has 8 heteroatoms. The van der Waals surface area contributed by atoms with Gasteiger partial charge in [-0.2, -0.15) is 5.26 Å². The quantitative estimate of drug-likeness (QED) is 0.530. The summed E-state index contributed by atoms with van der Waals surface area (Å²) in [5, 5.41) is 12.6. The molecule has 2 amide bonds. The Labute approximate surface area is 157 Å². The average molecular weight is 366 g/mol. The number of nitrogens with one attached hydrogen (secondary N) is 2. The maximum absolute atomic E-state index is 12.4. The SMILES string of the molecule is N#CC(=Cc1c[nH]c2nccc(NC(=O)CCN3CCCCC3)c12)C(N)=O. The monoisotopic (exact) mass is 366 g/mol. The molecule has 0 radical (unpaired) electrons. The van der Waals surface area contributed by atoms with Gasteiger partial charge in [0.1, 0.15) is 17.3 Å². The number of fused-ring (bicyclic) bond motifs is 1. The Kier molecular flexibility index (Phi) is 5.84. The first-order valence-corrected chi connectivity index (χ1v) is 8.98. The van der Waals surface area contributed by atoms with Crippen molar-refractivity contribution in [3.63, 3.8) is 0 Å². The second kappa shape index (κ2) is 8.47. The van der Waals surface area contributed by atoms with Crippen LogP contribution >= 0.6 is 0 Å². The van der Waals surface area contributed by atoms with Crippen molar-refractivity contribution < 1.29 is 9.59 Å². The number of anilines is 1. The van der Waals surface area contributed by atoms with Crippen molar-refractivity contribution in [2.75, 3.05) is 25.0 Å². The van der Waals surface area contributed by atoms with E-state index in [9.17, 15) is 9.59 Å². The van der Waals surface area contributed by atoms with E-state index in [1.54, 1.807) is 24.5 Å². The minimum Gasteiger partial charge on any atom is -0.365 e. The molecule has 2 aromatic heterocycles. The largest absolute Gasteiger partial charge is 0.365 e. The Bertz CT molecular complexity index is 918. The van der Waals surface area contributed by atoms with Crippen LogP contribution in [-0.2, 0) is 9.59 Å². The molecule has 8 nitrogen and oxygen atoms in total. The third-order valence-electron chi connectivity index (χ3n) is 4.67. The summed E-state index contributed by atoms with van der Waals surface area (Å²) in [6.45, 7) is 2.83. The second-order valence-electron chi connectivity index (χ2n) is 6.56. The number of aromatic nitrogens is 2. The number of pyridine rings is 1. The number of carbonyl (C=O) groups is 2. The highest BCUT2D eigenvalue weighted by Gasteiger charge is 2.15. The number of nitriles is 1. The van der Waals surface area contributed by atoms with Gasteiger partial charge in [-0.25, -0.2) is 4.98 Å². The lowest BCUT2D eigenvalue weighted by atomic mass is 10.1. The third-order valence-corrected chi connectivity index (χ3v) is 4.67. The van der Waals surface area contributed by atoms with Crippen LogP contribution in [0.1, 0.15) is 31.2 Å². The van der Waals surface area contributed by atoms with Crippen LogP contribution in [0.2, 0.25) is 0 Å². The molecule has 0 aromatic carbocycles. The third kappa shape index (κ3) is 4.51. The number of nitrogens with zero attached hydrogens (tertiary/aromatic N) is 3. The van der Waals surface area contributed by atoms with E-state index in [0.29, 0.717) is 28.7 Å². The zero-order valence-corrected chi connectivity index (χ0v) is 15.0. The van der Waals surface area contributed by atoms with Crippen LogP contribution in [0.15, 0.2) is 24.0 Å². The van der Waals surface area contributed by atoms with Crippen molar-refractivity contribution in [2.24, 2.45) is 5.73 Å². The first-order valence-electron chi connectivity index (χ1n) is 8.98. The number of hydrogen-bond acceptors (Lipinski definition) is 5. The van der Waals surface area contributed by atoms with Crippen LogP contribution in [0.25, 0.3) is 17.1 Å². The summed E-state index contributed by atoms with van der Waals surface area (Å²) >= 11 is 0. The van der Waals surface area contributed by atoms with E-state index in [1.807, 2.05) is 0 Å². The van der Waals surface area contributed by atoms with Gasteiger partial charge in [0, 0.05) is 36.3 Å². The molecule has 1 aliphatic rings. The Morgan fingerprint density at radius 3 is 2.85 bits per heavy atom. The van der Waals surface area contributed by atoms with E-state index in [0.717, 1.165) is 19.6 Å². The van der Waals surface area contributed by atoms with E-state index in [-0.39, 0.29) is 11.5 Å². The van der Waals surface area contributed by atoms with E-state index >= 15 is 0 Å². The molecule has 3 rings (SSSR count). The molecule has 0 saturated carbocycles. The lowest BCUT2D eigenvalue weighted by molar-refractivity contribution is -0.116. The fourth-order valence-electron chi connectivity index (χ4n) is 3.27. The van der Waals surface area contributed by atoms with Gasteiger partial charge in [-0.1, -0.05) is 6.42 Å². The van der Waals surface area contributed by atoms with Crippen molar-refractivity contribution in [3.05, 3.63) is 29.6 Å². The highest BCUT2D eigenvalue weighted by molar-refractivity contribution is 6.07. The Balaban J connectivity index is 1.78. The number of hydrogen-bond donors (Lipinski definition) is 3. The van der Waals surface area contributed by atoms with Gasteiger partial charge >= 0.3 is 0 Å². The highest BCUT2D eigenvalue weighted by Crippen LogP contribution is 2.27. The highest BCUT2D eigenvalue weighted by atomic mass is 16.2.